The van der Waals surface area contributed by atoms with Crippen LogP contribution in [-0.4, -0.2) is 44.9 Å². The van der Waals surface area contributed by atoms with Crippen LogP contribution in [0.3, 0.4) is 0 Å². The normalized spacial score (nSPS) is 13.5. The second kappa shape index (κ2) is 6.61. The van der Waals surface area contributed by atoms with Gasteiger partial charge in [0.2, 0.25) is 5.76 Å². The first-order valence-corrected chi connectivity index (χ1v) is 5.79. The van der Waals surface area contributed by atoms with Crippen LogP contribution >= 0.6 is 0 Å². The maximum absolute atomic E-state index is 12.1. The fraction of sp³-hybridized carbons (Fsp3) is 0. The average Bonchev–Trinajstić information content (AvgIpc) is 2.78. The highest BCUT2D eigenvalue weighted by atomic mass is 16.7. The summed E-state index contributed by atoms with van der Waals surface area (Å²) in [6.07, 6.45) is 0. The topological polar surface area (TPSA) is 99.2 Å². The van der Waals surface area contributed by atoms with Crippen molar-refractivity contribution in [3.8, 4) is 0 Å². The van der Waals surface area contributed by atoms with Crippen LogP contribution in [0.25, 0.3) is 0 Å². The van der Waals surface area contributed by atoms with Crippen LogP contribution in [0, 0.1) is 0 Å². The zero-order valence-corrected chi connectivity index (χ0v) is 10.9. The van der Waals surface area contributed by atoms with Gasteiger partial charge in [-0.05, 0) is 18.1 Å². The maximum atomic E-state index is 12.1. The van der Waals surface area contributed by atoms with Gasteiger partial charge < -0.3 is 14.1 Å². The Bertz CT molecular complexity index is 638. The van der Waals surface area contributed by atoms with E-state index in [1.807, 2.05) is 0 Å². The van der Waals surface area contributed by atoms with Crippen LogP contribution in [0.5, 0.6) is 0 Å². The summed E-state index contributed by atoms with van der Waals surface area (Å²) in [5.74, 6) is -2.45. The van der Waals surface area contributed by atoms with Gasteiger partial charge in [0, 0.05) is 0 Å². The van der Waals surface area contributed by atoms with Crippen molar-refractivity contribution in [3.05, 3.63) is 47.1 Å². The van der Waals surface area contributed by atoms with Gasteiger partial charge in [0.15, 0.2) is 0 Å². The minimum atomic E-state index is -1.18. The van der Waals surface area contributed by atoms with E-state index in [0.29, 0.717) is 5.06 Å². The molecule has 1 aromatic rings. The van der Waals surface area contributed by atoms with E-state index < -0.39 is 23.5 Å². The molecule has 2 amide bonds. The number of hydrogen-bond donors (Lipinski definition) is 0. The molecule has 0 bridgehead atoms. The number of amides is 2. The van der Waals surface area contributed by atoms with Gasteiger partial charge in [-0.3, -0.25) is 14.4 Å². The van der Waals surface area contributed by atoms with Crippen molar-refractivity contribution >= 4 is 39.8 Å². The number of hydrogen-bond acceptors (Lipinski definition) is 7. The Balaban J connectivity index is 2.23. The van der Waals surface area contributed by atoms with Crippen LogP contribution < -0.4 is 0 Å². The van der Waals surface area contributed by atoms with Crippen LogP contribution in [0.15, 0.2) is 36.0 Å². The predicted octanol–water partition coefficient (Wildman–Crippen LogP) is -0.526. The van der Waals surface area contributed by atoms with Crippen LogP contribution in [0.4, 0.5) is 0 Å². The molecule has 8 nitrogen and oxygen atoms in total. The quantitative estimate of drug-likeness (QED) is 0.174. The Labute approximate surface area is 126 Å². The summed E-state index contributed by atoms with van der Waals surface area (Å²) in [6.45, 7) is 0.0872. The highest BCUT2D eigenvalue weighted by molar-refractivity contribution is 6.37. The molecule has 1 aromatic carbocycles. The molecular weight excluding hydrogens is 292 g/mol. The smallest absolute Gasteiger partial charge is 0.408 e. The molecule has 1 aliphatic heterocycles. The molecule has 10 heteroatoms. The van der Waals surface area contributed by atoms with Crippen molar-refractivity contribution in [2.24, 2.45) is 0 Å². The zero-order chi connectivity index (χ0) is 16.1. The third kappa shape index (κ3) is 2.85. The number of rotatable bonds is 6. The van der Waals surface area contributed by atoms with E-state index >= 15 is 0 Å². The van der Waals surface area contributed by atoms with Gasteiger partial charge in [0.05, 0.1) is 11.1 Å². The minimum absolute atomic E-state index is 0.0872. The summed E-state index contributed by atoms with van der Waals surface area (Å²) in [4.78, 5) is 50.5. The number of nitrogens with zero attached hydrogens (tertiary/aromatic N) is 1. The number of fused-ring (bicyclic) bond motifs is 1. The van der Waals surface area contributed by atoms with Gasteiger partial charge in [0.25, 0.3) is 18.3 Å². The molecule has 22 heavy (non-hydrogen) atoms. The Morgan fingerprint density at radius 3 is 2.27 bits per heavy atom. The molecule has 0 fully saturated rings. The Morgan fingerprint density at radius 2 is 1.77 bits per heavy atom. The number of hydroxylamine groups is 2. The second-order valence-corrected chi connectivity index (χ2v) is 3.85. The fourth-order valence-electron chi connectivity index (χ4n) is 1.68. The molecule has 0 saturated heterocycles. The van der Waals surface area contributed by atoms with Crippen LogP contribution in [0.1, 0.15) is 20.7 Å². The van der Waals surface area contributed by atoms with Crippen molar-refractivity contribution in [1.29, 1.82) is 0 Å². The van der Waals surface area contributed by atoms with Gasteiger partial charge in [-0.25, -0.2) is 4.79 Å². The lowest BCUT2D eigenvalue weighted by Gasteiger charge is -2.15. The molecule has 107 valence electrons. The van der Waals surface area contributed by atoms with Gasteiger partial charge in [0.1, 0.15) is 0 Å². The number of carbonyl (C=O) groups is 4. The molecule has 1 aliphatic rings. The molecule has 1 heterocycles. The van der Waals surface area contributed by atoms with Crippen molar-refractivity contribution in [2.75, 3.05) is 0 Å². The van der Waals surface area contributed by atoms with Gasteiger partial charge in [-0.15, -0.1) is 0 Å². The molecule has 0 unspecified atom stereocenters. The maximum Gasteiger partial charge on any atom is 0.408 e. The standard InChI is InChI=1S/C12H6B2NO7/c13-21-12(19)9(5-14-20-6-16)22-15-10(17)7-3-1-2-4-8(7)11(15)18/h1-6H/b9-5+. The first-order chi connectivity index (χ1) is 10.6. The molecule has 0 saturated carbocycles. The monoisotopic (exact) mass is 298 g/mol. The highest BCUT2D eigenvalue weighted by Crippen LogP contribution is 2.24. The molecule has 0 aliphatic carbocycles. The van der Waals surface area contributed by atoms with E-state index in [2.05, 4.69) is 9.31 Å². The molecule has 0 N–H and O–H groups in total. The van der Waals surface area contributed by atoms with E-state index in [0.717, 1.165) is 13.5 Å². The van der Waals surface area contributed by atoms with E-state index in [4.69, 9.17) is 12.9 Å². The Kier molecular flexibility index (Phi) is 4.62. The molecule has 0 spiro atoms. The van der Waals surface area contributed by atoms with Crippen molar-refractivity contribution in [2.45, 2.75) is 0 Å². The number of benzene rings is 1. The third-order valence-electron chi connectivity index (χ3n) is 2.61. The SMILES string of the molecule is [B]OC(=O)/C(=C\[B]OC=O)ON1C(=O)c2ccccc2C1=O. The Morgan fingerprint density at radius 1 is 1.18 bits per heavy atom. The van der Waals surface area contributed by atoms with Gasteiger partial charge in [-0.2, -0.15) is 0 Å². The summed E-state index contributed by atoms with van der Waals surface area (Å²) >= 11 is 0. The zero-order valence-electron chi connectivity index (χ0n) is 10.9. The van der Waals surface area contributed by atoms with E-state index in [1.54, 1.807) is 12.1 Å². The summed E-state index contributed by atoms with van der Waals surface area (Å²) < 4.78 is 8.20. The molecule has 3 radical (unpaired) electrons. The van der Waals surface area contributed by atoms with Crippen LogP contribution in [-0.2, 0) is 23.7 Å². The highest BCUT2D eigenvalue weighted by Gasteiger charge is 2.38. The largest absolute Gasteiger partial charge is 0.538 e. The molecular formula is C12H6B2NO7. The number of carbonyl (C=O) groups excluding carboxylic acids is 4. The van der Waals surface area contributed by atoms with Crippen molar-refractivity contribution in [1.82, 2.24) is 5.06 Å². The minimum Gasteiger partial charge on any atom is -0.538 e. The molecule has 0 atom stereocenters. The second-order valence-electron chi connectivity index (χ2n) is 3.85. The van der Waals surface area contributed by atoms with E-state index in [1.165, 1.54) is 12.1 Å². The van der Waals surface area contributed by atoms with E-state index in [9.17, 15) is 19.2 Å². The lowest BCUT2D eigenvalue weighted by atomic mass is 10.0. The molecule has 2 rings (SSSR count). The van der Waals surface area contributed by atoms with Gasteiger partial charge in [-0.1, -0.05) is 17.2 Å². The average molecular weight is 298 g/mol. The first-order valence-electron chi connectivity index (χ1n) is 5.79. The van der Waals surface area contributed by atoms with Crippen molar-refractivity contribution in [3.63, 3.8) is 0 Å². The first kappa shape index (κ1) is 15.4. The van der Waals surface area contributed by atoms with Gasteiger partial charge >= 0.3 is 21.5 Å². The number of imide groups is 1. The van der Waals surface area contributed by atoms with Crippen molar-refractivity contribution < 1.29 is 33.3 Å². The predicted molar refractivity (Wildman–Crippen MR) is 70.9 cm³/mol. The summed E-state index contributed by atoms with van der Waals surface area (Å²) in [5.41, 5.74) is 0.252. The summed E-state index contributed by atoms with van der Waals surface area (Å²) in [7, 11) is 5.51. The Hall–Kier alpha value is -3.03. The summed E-state index contributed by atoms with van der Waals surface area (Å²) in [6, 6.07) is 6.02. The molecule has 0 aromatic heterocycles. The van der Waals surface area contributed by atoms with Crippen LogP contribution in [0.2, 0.25) is 0 Å². The lowest BCUT2D eigenvalue weighted by Crippen LogP contribution is -2.31. The summed E-state index contributed by atoms with van der Waals surface area (Å²) in [5, 5.41) is 0.377. The fourth-order valence-corrected chi connectivity index (χ4v) is 1.68. The lowest BCUT2D eigenvalue weighted by molar-refractivity contribution is -0.140. The third-order valence-corrected chi connectivity index (χ3v) is 2.61. The van der Waals surface area contributed by atoms with E-state index in [-0.39, 0.29) is 17.6 Å².